The fourth-order valence-corrected chi connectivity index (χ4v) is 4.91. The number of hydrogen-bond acceptors (Lipinski definition) is 5. The molecule has 0 radical (unpaired) electrons. The van der Waals surface area contributed by atoms with Gasteiger partial charge < -0.3 is 24.1 Å². The van der Waals surface area contributed by atoms with Gasteiger partial charge in [-0.2, -0.15) is 0 Å². The Morgan fingerprint density at radius 1 is 0.821 bits per heavy atom. The van der Waals surface area contributed by atoms with Gasteiger partial charge in [-0.3, -0.25) is 0 Å². The first-order chi connectivity index (χ1) is 19.0. The van der Waals surface area contributed by atoms with Gasteiger partial charge in [0.2, 0.25) is 5.79 Å². The summed E-state index contributed by atoms with van der Waals surface area (Å²) in [6.07, 6.45) is 2.57. The van der Waals surface area contributed by atoms with E-state index >= 15 is 4.39 Å². The zero-order valence-corrected chi connectivity index (χ0v) is 24.4. The maximum Gasteiger partial charge on any atom is 0.222 e. The van der Waals surface area contributed by atoms with Crippen LogP contribution in [0.3, 0.4) is 0 Å². The van der Waals surface area contributed by atoms with E-state index in [4.69, 9.17) is 18.9 Å². The number of ether oxygens (including phenoxy) is 4. The van der Waals surface area contributed by atoms with Crippen LogP contribution >= 0.6 is 0 Å². The van der Waals surface area contributed by atoms with Crippen molar-refractivity contribution in [3.8, 4) is 0 Å². The molecule has 5 unspecified atom stereocenters. The van der Waals surface area contributed by atoms with E-state index in [1.165, 1.54) is 11.1 Å². The lowest BCUT2D eigenvalue weighted by molar-refractivity contribution is -0.363. The number of aryl methyl sites for hydroxylation is 1. The van der Waals surface area contributed by atoms with Crippen molar-refractivity contribution in [1.82, 2.24) is 0 Å². The molecule has 0 amide bonds. The van der Waals surface area contributed by atoms with E-state index in [-0.39, 0.29) is 6.61 Å². The highest BCUT2D eigenvalue weighted by Gasteiger charge is 2.57. The number of benzene rings is 2. The lowest BCUT2D eigenvalue weighted by Gasteiger charge is -2.48. The van der Waals surface area contributed by atoms with Crippen molar-refractivity contribution in [3.63, 3.8) is 0 Å². The molecule has 39 heavy (non-hydrogen) atoms. The molecule has 0 aliphatic carbocycles. The minimum atomic E-state index is -1.88. The lowest BCUT2D eigenvalue weighted by Crippen LogP contribution is -2.64. The van der Waals surface area contributed by atoms with E-state index in [1.54, 1.807) is 0 Å². The van der Waals surface area contributed by atoms with Gasteiger partial charge in [-0.05, 0) is 54.9 Å². The number of alkyl halides is 1. The third kappa shape index (κ3) is 8.83. The van der Waals surface area contributed by atoms with Crippen molar-refractivity contribution in [2.45, 2.75) is 109 Å². The molecule has 1 aliphatic rings. The van der Waals surface area contributed by atoms with Crippen LogP contribution in [0.2, 0.25) is 0 Å². The molecular formula is C33H49FO5. The van der Waals surface area contributed by atoms with E-state index in [0.29, 0.717) is 31.8 Å². The molecule has 3 rings (SSSR count). The molecule has 218 valence electrons. The highest BCUT2D eigenvalue weighted by molar-refractivity contribution is 5.34. The Morgan fingerprint density at radius 2 is 1.46 bits per heavy atom. The van der Waals surface area contributed by atoms with Gasteiger partial charge in [-0.15, -0.1) is 0 Å². The molecule has 5 atom stereocenters. The summed E-state index contributed by atoms with van der Waals surface area (Å²) in [5.41, 5.74) is 4.05. The predicted octanol–water partition coefficient (Wildman–Crippen LogP) is 6.91. The van der Waals surface area contributed by atoms with Crippen LogP contribution in [0.5, 0.6) is 0 Å². The smallest absolute Gasteiger partial charge is 0.222 e. The Balaban J connectivity index is 1.93. The summed E-state index contributed by atoms with van der Waals surface area (Å²) in [6.45, 7) is 9.70. The maximum atomic E-state index is 16.0. The van der Waals surface area contributed by atoms with E-state index in [2.05, 4.69) is 52.0 Å². The van der Waals surface area contributed by atoms with E-state index < -0.39 is 30.3 Å². The van der Waals surface area contributed by atoms with Crippen molar-refractivity contribution in [2.75, 3.05) is 26.4 Å². The van der Waals surface area contributed by atoms with Crippen molar-refractivity contribution in [3.05, 3.63) is 70.8 Å². The Kier molecular flexibility index (Phi) is 13.4. The van der Waals surface area contributed by atoms with Crippen LogP contribution in [0.15, 0.2) is 48.5 Å². The topological polar surface area (TPSA) is 57.2 Å². The van der Waals surface area contributed by atoms with Gasteiger partial charge in [0.1, 0.15) is 18.3 Å². The van der Waals surface area contributed by atoms with E-state index in [0.717, 1.165) is 50.5 Å². The minimum Gasteiger partial charge on any atom is -0.379 e. The molecule has 1 heterocycles. The van der Waals surface area contributed by atoms with Crippen molar-refractivity contribution in [2.24, 2.45) is 0 Å². The number of hydrogen-bond donors (Lipinski definition) is 1. The average molecular weight is 545 g/mol. The van der Waals surface area contributed by atoms with Crippen LogP contribution in [-0.2, 0) is 37.6 Å². The first-order valence-electron chi connectivity index (χ1n) is 15.0. The molecule has 0 aromatic heterocycles. The molecule has 0 spiro atoms. The second kappa shape index (κ2) is 16.4. The van der Waals surface area contributed by atoms with Gasteiger partial charge in [0.05, 0.1) is 6.61 Å². The van der Waals surface area contributed by atoms with Crippen LogP contribution < -0.4 is 0 Å². The van der Waals surface area contributed by atoms with Crippen LogP contribution in [0.1, 0.15) is 88.5 Å². The molecule has 1 fully saturated rings. The largest absolute Gasteiger partial charge is 0.379 e. The van der Waals surface area contributed by atoms with Crippen molar-refractivity contribution in [1.29, 1.82) is 0 Å². The molecule has 1 saturated heterocycles. The standard InChI is InChI=1S/C33H49FO5/c1-5-9-19-36-24-29-30(34)31(37-20-10-6-2)32(38-21-11-7-3)33(35,39-29)28-14-12-13-27(23-28)22-26-17-15-25(8-4)16-18-26/h12-18,23,29-32,35H,5-11,19-22,24H2,1-4H3. The molecular weight excluding hydrogens is 495 g/mol. The first-order valence-corrected chi connectivity index (χ1v) is 15.0. The Morgan fingerprint density at radius 3 is 2.13 bits per heavy atom. The number of aliphatic hydroxyl groups is 1. The Labute approximate surface area is 235 Å². The molecule has 1 aliphatic heterocycles. The van der Waals surface area contributed by atoms with Gasteiger partial charge in [-0.25, -0.2) is 4.39 Å². The zero-order valence-electron chi connectivity index (χ0n) is 24.4. The summed E-state index contributed by atoms with van der Waals surface area (Å²) in [5.74, 6) is -1.88. The molecule has 5 nitrogen and oxygen atoms in total. The fraction of sp³-hybridized carbons (Fsp3) is 0.636. The van der Waals surface area contributed by atoms with Crippen LogP contribution in [0.4, 0.5) is 4.39 Å². The monoisotopic (exact) mass is 544 g/mol. The Hall–Kier alpha value is -1.83. The molecule has 1 N–H and O–H groups in total. The second-order valence-corrected chi connectivity index (χ2v) is 10.6. The number of unbranched alkanes of at least 4 members (excludes halogenated alkanes) is 3. The zero-order chi connectivity index (χ0) is 28.1. The first kappa shape index (κ1) is 31.7. The molecule has 2 aromatic rings. The highest BCUT2D eigenvalue weighted by atomic mass is 19.1. The third-order valence-corrected chi connectivity index (χ3v) is 7.39. The summed E-state index contributed by atoms with van der Waals surface area (Å²) < 4.78 is 40.3. The third-order valence-electron chi connectivity index (χ3n) is 7.39. The number of halogens is 1. The van der Waals surface area contributed by atoms with Crippen molar-refractivity contribution < 1.29 is 28.4 Å². The maximum absolute atomic E-state index is 16.0. The summed E-state index contributed by atoms with van der Waals surface area (Å²) in [5, 5.41) is 12.2. The normalized spacial score (nSPS) is 25.2. The SMILES string of the molecule is CCCCOCC1OC(O)(c2cccc(Cc3ccc(CC)cc3)c2)C(OCCCC)C(OCCCC)C1F. The van der Waals surface area contributed by atoms with E-state index in [9.17, 15) is 5.11 Å². The molecule has 0 bridgehead atoms. The summed E-state index contributed by atoms with van der Waals surface area (Å²) in [7, 11) is 0. The van der Waals surface area contributed by atoms with Gasteiger partial charge in [-0.1, -0.05) is 89.4 Å². The number of rotatable bonds is 17. The Bertz CT molecular complexity index is 951. The summed E-state index contributed by atoms with van der Waals surface area (Å²) in [6, 6.07) is 16.3. The second-order valence-electron chi connectivity index (χ2n) is 10.6. The molecule has 0 saturated carbocycles. The van der Waals surface area contributed by atoms with Crippen LogP contribution in [0.25, 0.3) is 0 Å². The summed E-state index contributed by atoms with van der Waals surface area (Å²) >= 11 is 0. The van der Waals surface area contributed by atoms with Gasteiger partial charge >= 0.3 is 0 Å². The van der Waals surface area contributed by atoms with Crippen LogP contribution in [0, 0.1) is 0 Å². The van der Waals surface area contributed by atoms with Gasteiger partial charge in [0.15, 0.2) is 6.17 Å². The molecule has 6 heteroatoms. The van der Waals surface area contributed by atoms with Crippen molar-refractivity contribution >= 4 is 0 Å². The van der Waals surface area contributed by atoms with E-state index in [1.807, 2.05) is 24.3 Å². The minimum absolute atomic E-state index is 0.0439. The molecule has 2 aromatic carbocycles. The highest BCUT2D eigenvalue weighted by Crippen LogP contribution is 2.41. The van der Waals surface area contributed by atoms with Gasteiger partial charge in [0, 0.05) is 25.4 Å². The predicted molar refractivity (Wildman–Crippen MR) is 154 cm³/mol. The quantitative estimate of drug-likeness (QED) is 0.219. The summed E-state index contributed by atoms with van der Waals surface area (Å²) in [4.78, 5) is 0. The van der Waals surface area contributed by atoms with Crippen LogP contribution in [-0.4, -0.2) is 56.0 Å². The fourth-order valence-electron chi connectivity index (χ4n) is 4.91. The average Bonchev–Trinajstić information content (AvgIpc) is 2.95. The lowest BCUT2D eigenvalue weighted by atomic mass is 9.87. The van der Waals surface area contributed by atoms with Gasteiger partial charge in [0.25, 0.3) is 0 Å².